The van der Waals surface area contributed by atoms with Gasteiger partial charge in [-0.3, -0.25) is 9.89 Å². The largest absolute Gasteiger partial charge is 0.478 e. The molecule has 5 nitrogen and oxygen atoms in total. The molecule has 8 heteroatoms. The second kappa shape index (κ2) is 7.51. The Balaban J connectivity index is 1.82. The molecule has 1 aromatic heterocycles. The van der Waals surface area contributed by atoms with Crippen molar-refractivity contribution in [3.05, 3.63) is 74.9 Å². The highest BCUT2D eigenvalue weighted by Gasteiger charge is 2.34. The lowest BCUT2D eigenvalue weighted by molar-refractivity contribution is 0.0696. The Labute approximate surface area is 172 Å². The van der Waals surface area contributed by atoms with E-state index >= 15 is 0 Å². The third kappa shape index (κ3) is 3.37. The Bertz CT molecular complexity index is 1120. The van der Waals surface area contributed by atoms with Crippen LogP contribution in [0.5, 0.6) is 0 Å². The van der Waals surface area contributed by atoms with E-state index in [1.807, 2.05) is 0 Å². The summed E-state index contributed by atoms with van der Waals surface area (Å²) >= 11 is 3.24. The fourth-order valence-electron chi connectivity index (χ4n) is 3.80. The number of carboxylic acids is 1. The minimum absolute atomic E-state index is 0.0424. The third-order valence-corrected chi connectivity index (χ3v) is 5.81. The number of aryl methyl sites for hydroxylation is 1. The minimum Gasteiger partial charge on any atom is -0.478 e. The molecule has 0 saturated heterocycles. The van der Waals surface area contributed by atoms with E-state index in [1.165, 1.54) is 24.3 Å². The first-order chi connectivity index (χ1) is 13.9. The molecule has 0 aliphatic heterocycles. The SMILES string of the molecule is O=C(O)c1ccc(-c2n[nH]c3c2C(C(=O)c2c(F)cccc2Br)CCC3)c(F)c1. The maximum atomic E-state index is 14.7. The van der Waals surface area contributed by atoms with Crippen molar-refractivity contribution in [2.24, 2.45) is 0 Å². The molecule has 2 aromatic carbocycles. The molecule has 1 heterocycles. The van der Waals surface area contributed by atoms with Crippen LogP contribution < -0.4 is 0 Å². The molecular weight excluding hydrogens is 446 g/mol. The number of aromatic nitrogens is 2. The first-order valence-electron chi connectivity index (χ1n) is 8.97. The number of H-pyrrole nitrogens is 1. The Morgan fingerprint density at radius 2 is 1.97 bits per heavy atom. The van der Waals surface area contributed by atoms with Gasteiger partial charge in [0.15, 0.2) is 5.78 Å². The van der Waals surface area contributed by atoms with Gasteiger partial charge in [-0.05, 0) is 65.5 Å². The van der Waals surface area contributed by atoms with Gasteiger partial charge >= 0.3 is 5.97 Å². The van der Waals surface area contributed by atoms with Crippen molar-refractivity contribution in [2.75, 3.05) is 0 Å². The molecule has 0 amide bonds. The zero-order valence-corrected chi connectivity index (χ0v) is 16.6. The molecule has 1 unspecified atom stereocenters. The number of benzene rings is 2. The summed E-state index contributed by atoms with van der Waals surface area (Å²) in [7, 11) is 0. The number of Topliss-reactive ketones (excluding diaryl/α,β-unsaturated/α-hetero) is 1. The first kappa shape index (κ1) is 19.4. The molecule has 148 valence electrons. The Morgan fingerprint density at radius 1 is 1.17 bits per heavy atom. The lowest BCUT2D eigenvalue weighted by atomic mass is 9.79. The van der Waals surface area contributed by atoms with Gasteiger partial charge < -0.3 is 5.11 Å². The van der Waals surface area contributed by atoms with E-state index in [-0.39, 0.29) is 22.4 Å². The van der Waals surface area contributed by atoms with Crippen molar-refractivity contribution in [3.8, 4) is 11.3 Å². The topological polar surface area (TPSA) is 83.0 Å². The highest BCUT2D eigenvalue weighted by Crippen LogP contribution is 2.41. The standard InChI is InChI=1S/C21H15BrF2N2O3/c22-13-4-2-5-14(23)18(13)20(27)12-3-1-6-16-17(12)19(26-25-16)11-8-7-10(21(28)29)9-15(11)24/h2,4-5,7-9,12H,1,3,6H2,(H,25,26)(H,28,29). The van der Waals surface area contributed by atoms with Gasteiger partial charge in [0.05, 0.1) is 22.7 Å². The predicted molar refractivity (Wildman–Crippen MR) is 105 cm³/mol. The zero-order valence-electron chi connectivity index (χ0n) is 15.0. The van der Waals surface area contributed by atoms with Crippen LogP contribution in [0.1, 0.15) is 50.7 Å². The van der Waals surface area contributed by atoms with Crippen molar-refractivity contribution < 1.29 is 23.5 Å². The summed E-state index contributed by atoms with van der Waals surface area (Å²) in [5, 5.41) is 16.1. The molecule has 0 spiro atoms. The maximum absolute atomic E-state index is 14.7. The van der Waals surface area contributed by atoms with Crippen molar-refractivity contribution in [1.29, 1.82) is 0 Å². The van der Waals surface area contributed by atoms with Crippen molar-refractivity contribution in [2.45, 2.75) is 25.2 Å². The number of aromatic amines is 1. The normalized spacial score (nSPS) is 15.8. The fraction of sp³-hybridized carbons (Fsp3) is 0.190. The van der Waals surface area contributed by atoms with Crippen LogP contribution in [0, 0.1) is 11.6 Å². The quantitative estimate of drug-likeness (QED) is 0.529. The van der Waals surface area contributed by atoms with Crippen LogP contribution in [0.2, 0.25) is 0 Å². The molecular formula is C21H15BrF2N2O3. The number of carbonyl (C=O) groups excluding carboxylic acids is 1. The first-order valence-corrected chi connectivity index (χ1v) is 9.76. The number of carbonyl (C=O) groups is 2. The van der Waals surface area contributed by atoms with Crippen LogP contribution in [0.4, 0.5) is 8.78 Å². The number of carboxylic acid groups (broad SMARTS) is 1. The summed E-state index contributed by atoms with van der Waals surface area (Å²) in [6, 6.07) is 7.87. The molecule has 2 N–H and O–H groups in total. The van der Waals surface area contributed by atoms with Gasteiger partial charge in [-0.2, -0.15) is 5.10 Å². The summed E-state index contributed by atoms with van der Waals surface area (Å²) in [5.41, 5.74) is 1.37. The molecule has 1 aliphatic rings. The fourth-order valence-corrected chi connectivity index (χ4v) is 4.33. The van der Waals surface area contributed by atoms with Gasteiger partial charge in [-0.1, -0.05) is 6.07 Å². The molecule has 3 aromatic rings. The zero-order chi connectivity index (χ0) is 20.7. The number of nitrogens with zero attached hydrogens (tertiary/aromatic N) is 1. The summed E-state index contributed by atoms with van der Waals surface area (Å²) in [4.78, 5) is 24.3. The van der Waals surface area contributed by atoms with E-state index in [1.54, 1.807) is 6.07 Å². The molecule has 29 heavy (non-hydrogen) atoms. The van der Waals surface area contributed by atoms with E-state index in [2.05, 4.69) is 26.1 Å². The number of hydrogen-bond donors (Lipinski definition) is 2. The van der Waals surface area contributed by atoms with Gasteiger partial charge in [0.2, 0.25) is 0 Å². The number of ketones is 1. The van der Waals surface area contributed by atoms with Crippen LogP contribution in [-0.4, -0.2) is 27.1 Å². The highest BCUT2D eigenvalue weighted by atomic mass is 79.9. The van der Waals surface area contributed by atoms with Gasteiger partial charge in [-0.15, -0.1) is 0 Å². The average molecular weight is 461 g/mol. The lowest BCUT2D eigenvalue weighted by Gasteiger charge is -2.23. The molecule has 1 aliphatic carbocycles. The van der Waals surface area contributed by atoms with Gasteiger partial charge in [0, 0.05) is 21.3 Å². The molecule has 4 rings (SSSR count). The Kier molecular flexibility index (Phi) is 5.04. The molecule has 0 saturated carbocycles. The van der Waals surface area contributed by atoms with Gasteiger partial charge in [0.25, 0.3) is 0 Å². The van der Waals surface area contributed by atoms with Crippen molar-refractivity contribution in [3.63, 3.8) is 0 Å². The number of aromatic carboxylic acids is 1. The number of halogens is 3. The number of hydrogen-bond acceptors (Lipinski definition) is 3. The van der Waals surface area contributed by atoms with Crippen LogP contribution in [-0.2, 0) is 6.42 Å². The number of rotatable bonds is 4. The van der Waals surface area contributed by atoms with E-state index in [9.17, 15) is 18.4 Å². The Hall–Kier alpha value is -2.87. The maximum Gasteiger partial charge on any atom is 0.335 e. The number of nitrogens with one attached hydrogen (secondary N) is 1. The number of fused-ring (bicyclic) bond motifs is 1. The summed E-state index contributed by atoms with van der Waals surface area (Å²) in [5.74, 6) is -3.70. The molecule has 1 atom stereocenters. The molecule has 0 bridgehead atoms. The van der Waals surface area contributed by atoms with Crippen LogP contribution in [0.15, 0.2) is 40.9 Å². The van der Waals surface area contributed by atoms with E-state index in [0.29, 0.717) is 35.0 Å². The average Bonchev–Trinajstić information content (AvgIpc) is 3.11. The highest BCUT2D eigenvalue weighted by molar-refractivity contribution is 9.10. The van der Waals surface area contributed by atoms with Crippen LogP contribution in [0.3, 0.4) is 0 Å². The summed E-state index contributed by atoms with van der Waals surface area (Å²) in [6.45, 7) is 0. The smallest absolute Gasteiger partial charge is 0.335 e. The van der Waals surface area contributed by atoms with Crippen molar-refractivity contribution in [1.82, 2.24) is 10.2 Å². The van der Waals surface area contributed by atoms with Crippen molar-refractivity contribution >= 4 is 27.7 Å². The second-order valence-corrected chi connectivity index (χ2v) is 7.72. The minimum atomic E-state index is -1.24. The van der Waals surface area contributed by atoms with Crippen LogP contribution in [0.25, 0.3) is 11.3 Å². The van der Waals surface area contributed by atoms with E-state index in [4.69, 9.17) is 5.11 Å². The Morgan fingerprint density at radius 3 is 2.66 bits per heavy atom. The molecule has 0 radical (unpaired) electrons. The van der Waals surface area contributed by atoms with Gasteiger partial charge in [-0.25, -0.2) is 13.6 Å². The monoisotopic (exact) mass is 460 g/mol. The van der Waals surface area contributed by atoms with E-state index < -0.39 is 29.3 Å². The van der Waals surface area contributed by atoms with E-state index in [0.717, 1.165) is 6.07 Å². The lowest BCUT2D eigenvalue weighted by Crippen LogP contribution is -2.20. The van der Waals surface area contributed by atoms with Crippen LogP contribution >= 0.6 is 15.9 Å². The summed E-state index contributed by atoms with van der Waals surface area (Å²) in [6.07, 6.45) is 1.82. The third-order valence-electron chi connectivity index (χ3n) is 5.15. The molecule has 0 fully saturated rings. The second-order valence-electron chi connectivity index (χ2n) is 6.87. The summed E-state index contributed by atoms with van der Waals surface area (Å²) < 4.78 is 29.4. The van der Waals surface area contributed by atoms with Gasteiger partial charge in [0.1, 0.15) is 11.6 Å². The predicted octanol–water partition coefficient (Wildman–Crippen LogP) is 5.12.